The van der Waals surface area contributed by atoms with Gasteiger partial charge in [0.05, 0.1) is 0 Å². The van der Waals surface area contributed by atoms with Crippen molar-refractivity contribution in [2.45, 2.75) is 118 Å². The lowest BCUT2D eigenvalue weighted by molar-refractivity contribution is -0.149. The number of hydrogen-bond acceptors (Lipinski definition) is 5. The number of rotatable bonds is 11. The predicted molar refractivity (Wildman–Crippen MR) is 149 cm³/mol. The molecule has 0 aliphatic carbocycles. The van der Waals surface area contributed by atoms with E-state index in [9.17, 15) is 14.4 Å². The van der Waals surface area contributed by atoms with Gasteiger partial charge in [-0.2, -0.15) is 12.6 Å². The fourth-order valence-electron chi connectivity index (χ4n) is 4.21. The number of ether oxygens (including phenoxy) is 1. The second-order valence-electron chi connectivity index (χ2n) is 11.2. The molecule has 0 spiro atoms. The fraction of sp³-hybridized carbons (Fsp3) is 0.679. The summed E-state index contributed by atoms with van der Waals surface area (Å²) in [5, 5.41) is 5.80. The quantitative estimate of drug-likeness (QED) is 0.336. The Hall–Kier alpha value is -2.22. The minimum absolute atomic E-state index is 0.0448. The van der Waals surface area contributed by atoms with Crippen LogP contribution < -0.4 is 10.6 Å². The highest BCUT2D eigenvalue weighted by molar-refractivity contribution is 7.80. The van der Waals surface area contributed by atoms with Gasteiger partial charge in [0.25, 0.3) is 0 Å². The number of nitrogens with one attached hydrogen (secondary N) is 2. The molecule has 0 saturated carbocycles. The summed E-state index contributed by atoms with van der Waals surface area (Å²) in [6, 6.07) is 3.96. The summed E-state index contributed by atoms with van der Waals surface area (Å²) in [6.45, 7) is 19.1. The van der Waals surface area contributed by atoms with Gasteiger partial charge in [-0.05, 0) is 84.9 Å². The van der Waals surface area contributed by atoms with Crippen LogP contribution in [0.3, 0.4) is 0 Å². The Morgan fingerprint density at radius 2 is 1.58 bits per heavy atom. The van der Waals surface area contributed by atoms with E-state index in [0.29, 0.717) is 6.42 Å². The molecule has 1 aromatic carbocycles. The molecule has 3 amide bonds. The molecule has 204 valence electrons. The number of amides is 3. The van der Waals surface area contributed by atoms with Gasteiger partial charge < -0.3 is 20.3 Å². The van der Waals surface area contributed by atoms with E-state index in [2.05, 4.69) is 30.2 Å². The van der Waals surface area contributed by atoms with Gasteiger partial charge in [-0.1, -0.05) is 38.5 Å². The minimum atomic E-state index is -0.971. The number of thiol groups is 1. The van der Waals surface area contributed by atoms with E-state index in [-0.39, 0.29) is 23.6 Å². The minimum Gasteiger partial charge on any atom is -0.444 e. The number of benzene rings is 1. The normalized spacial score (nSPS) is 14.4. The molecule has 0 bridgehead atoms. The average Bonchev–Trinajstić information content (AvgIpc) is 2.74. The molecule has 0 heterocycles. The van der Waals surface area contributed by atoms with Crippen LogP contribution in [0.5, 0.6) is 0 Å². The maximum atomic E-state index is 14.2. The molecule has 0 aromatic heterocycles. The van der Waals surface area contributed by atoms with Crippen molar-refractivity contribution in [2.75, 3.05) is 5.75 Å². The van der Waals surface area contributed by atoms with Gasteiger partial charge in [0.2, 0.25) is 11.8 Å². The van der Waals surface area contributed by atoms with E-state index >= 15 is 0 Å². The predicted octanol–water partition coefficient (Wildman–Crippen LogP) is 5.49. The second kappa shape index (κ2) is 13.4. The van der Waals surface area contributed by atoms with Crippen LogP contribution in [0.2, 0.25) is 0 Å². The van der Waals surface area contributed by atoms with Crippen molar-refractivity contribution in [1.82, 2.24) is 15.5 Å². The largest absolute Gasteiger partial charge is 0.444 e. The summed E-state index contributed by atoms with van der Waals surface area (Å²) >= 11 is 4.37. The van der Waals surface area contributed by atoms with E-state index in [4.69, 9.17) is 4.74 Å². The number of alkyl carbamates (subject to hydrolysis) is 1. The Kier molecular flexibility index (Phi) is 11.8. The third-order valence-electron chi connectivity index (χ3n) is 6.36. The lowest BCUT2D eigenvalue weighted by atomic mass is 9.88. The Bertz CT molecular complexity index is 890. The second-order valence-corrected chi connectivity index (χ2v) is 11.5. The Morgan fingerprint density at radius 3 is 2.03 bits per heavy atom. The van der Waals surface area contributed by atoms with Crippen LogP contribution in [0.1, 0.15) is 97.4 Å². The third-order valence-corrected chi connectivity index (χ3v) is 6.72. The topological polar surface area (TPSA) is 87.7 Å². The van der Waals surface area contributed by atoms with Crippen molar-refractivity contribution in [1.29, 1.82) is 0 Å². The van der Waals surface area contributed by atoms with E-state index in [1.165, 1.54) is 0 Å². The monoisotopic (exact) mass is 521 g/mol. The molecule has 0 fully saturated rings. The summed E-state index contributed by atoms with van der Waals surface area (Å²) in [7, 11) is 0. The summed E-state index contributed by atoms with van der Waals surface area (Å²) in [5.74, 6) is -0.561. The Morgan fingerprint density at radius 1 is 1.03 bits per heavy atom. The molecule has 8 heteroatoms. The van der Waals surface area contributed by atoms with Crippen molar-refractivity contribution >= 4 is 30.5 Å². The van der Waals surface area contributed by atoms with Crippen molar-refractivity contribution < 1.29 is 19.1 Å². The molecule has 1 rings (SSSR count). The number of nitrogens with zero attached hydrogens (tertiary/aromatic N) is 1. The van der Waals surface area contributed by atoms with Gasteiger partial charge in [0.1, 0.15) is 17.7 Å². The van der Waals surface area contributed by atoms with Gasteiger partial charge in [0.15, 0.2) is 0 Å². The molecular formula is C28H47N3O4S. The Balaban J connectivity index is 3.66. The number of hydrogen-bond donors (Lipinski definition) is 3. The van der Waals surface area contributed by atoms with Crippen molar-refractivity contribution in [3.05, 3.63) is 34.9 Å². The maximum Gasteiger partial charge on any atom is 0.408 e. The van der Waals surface area contributed by atoms with Gasteiger partial charge >= 0.3 is 6.09 Å². The molecule has 1 aromatic rings. The highest BCUT2D eigenvalue weighted by atomic mass is 32.1. The van der Waals surface area contributed by atoms with Gasteiger partial charge in [-0.15, -0.1) is 0 Å². The highest BCUT2D eigenvalue weighted by Crippen LogP contribution is 2.35. The molecule has 3 unspecified atom stereocenters. The third kappa shape index (κ3) is 8.71. The van der Waals surface area contributed by atoms with Gasteiger partial charge in [-0.3, -0.25) is 9.59 Å². The van der Waals surface area contributed by atoms with Crippen LogP contribution in [0.25, 0.3) is 0 Å². The zero-order valence-electron chi connectivity index (χ0n) is 23.8. The molecule has 3 atom stereocenters. The first-order valence-electron chi connectivity index (χ1n) is 12.9. The maximum absolute atomic E-state index is 14.2. The van der Waals surface area contributed by atoms with Crippen LogP contribution in [0, 0.1) is 13.8 Å². The van der Waals surface area contributed by atoms with Gasteiger partial charge in [0, 0.05) is 17.3 Å². The van der Waals surface area contributed by atoms with Crippen LogP contribution in [-0.4, -0.2) is 51.8 Å². The van der Waals surface area contributed by atoms with E-state index < -0.39 is 29.3 Å². The lowest BCUT2D eigenvalue weighted by Gasteiger charge is -2.45. The smallest absolute Gasteiger partial charge is 0.408 e. The Labute approximate surface area is 223 Å². The van der Waals surface area contributed by atoms with Crippen LogP contribution in [-0.2, 0) is 14.3 Å². The van der Waals surface area contributed by atoms with E-state index in [1.807, 2.05) is 59.7 Å². The van der Waals surface area contributed by atoms with E-state index in [0.717, 1.165) is 29.5 Å². The lowest BCUT2D eigenvalue weighted by Crippen LogP contribution is -2.60. The molecule has 36 heavy (non-hydrogen) atoms. The molecule has 7 nitrogen and oxygen atoms in total. The molecule has 0 radical (unpaired) electrons. The summed E-state index contributed by atoms with van der Waals surface area (Å²) < 4.78 is 5.39. The van der Waals surface area contributed by atoms with Crippen molar-refractivity contribution in [3.63, 3.8) is 0 Å². The summed E-state index contributed by atoms with van der Waals surface area (Å²) in [4.78, 5) is 42.3. The average molecular weight is 522 g/mol. The molecule has 0 saturated heterocycles. The number of carbonyl (C=O) groups excluding carboxylic acids is 3. The zero-order valence-corrected chi connectivity index (χ0v) is 24.7. The highest BCUT2D eigenvalue weighted by Gasteiger charge is 2.44. The van der Waals surface area contributed by atoms with Crippen LogP contribution >= 0.6 is 12.6 Å². The first kappa shape index (κ1) is 31.8. The molecule has 0 aliphatic heterocycles. The SMILES string of the molecule is CCCC(C)NC(=O)C(c1c(C)cccc1C)N(C(=O)C(CS)NC(=O)OC(C)(C)C)C(C)(C)CC. The standard InChI is InChI=1S/C28H47N3O4S/c1-11-14-20(5)29-24(32)23(22-18(3)15-13-16-19(22)4)31(28(9,10)12-2)25(33)21(17-36)30-26(34)35-27(6,7)8/h13,15-16,20-21,23,36H,11-12,14,17H2,1-10H3,(H,29,32)(H,30,34). The number of aryl methyl sites for hydroxylation is 2. The molecule has 0 aliphatic rings. The van der Waals surface area contributed by atoms with Gasteiger partial charge in [-0.25, -0.2) is 4.79 Å². The van der Waals surface area contributed by atoms with Crippen LogP contribution in [0.4, 0.5) is 4.79 Å². The zero-order chi connectivity index (χ0) is 27.8. The first-order valence-corrected chi connectivity index (χ1v) is 13.5. The van der Waals surface area contributed by atoms with Crippen LogP contribution in [0.15, 0.2) is 18.2 Å². The van der Waals surface area contributed by atoms with E-state index in [1.54, 1.807) is 25.7 Å². The fourth-order valence-corrected chi connectivity index (χ4v) is 4.46. The van der Waals surface area contributed by atoms with Crippen molar-refractivity contribution in [2.24, 2.45) is 0 Å². The summed E-state index contributed by atoms with van der Waals surface area (Å²) in [5.41, 5.74) is 1.23. The van der Waals surface area contributed by atoms with Crippen molar-refractivity contribution in [3.8, 4) is 0 Å². The molecular weight excluding hydrogens is 474 g/mol. The first-order chi connectivity index (χ1) is 16.6. The number of carbonyl (C=O) groups is 3. The summed E-state index contributed by atoms with van der Waals surface area (Å²) in [6.07, 6.45) is 1.66. The molecule has 2 N–H and O–H groups in total.